The molecule has 0 atom stereocenters. The van der Waals surface area contributed by atoms with Gasteiger partial charge in [-0.1, -0.05) is 0 Å². The maximum absolute atomic E-state index is 6.25. The first-order chi connectivity index (χ1) is 5.00. The second-order valence-electron chi connectivity index (χ2n) is 0. The largest absolute Gasteiger partial charge is 2.00 e. The topological polar surface area (TPSA) is 119 Å². The number of nitrogens with zero attached hydrogens (tertiary/aromatic N) is 5. The Morgan fingerprint density at radius 3 is 0.138 bits per heavy atom. The molecule has 0 aromatic rings. The predicted molar refractivity (Wildman–Crippen MR) is 24.8 cm³/mol. The fourth-order valence-electron chi connectivity index (χ4n) is 0. The third-order valence-corrected chi connectivity index (χ3v) is 0. The van der Waals surface area contributed by atoms with Crippen LogP contribution in [0, 0.1) is 59.2 Å². The molecule has 0 fully saturated rings. The van der Waals surface area contributed by atoms with Crippen molar-refractivity contribution < 1.29 is 324 Å². The summed E-state index contributed by atoms with van der Waals surface area (Å²) in [5.74, 6) is 0. The van der Waals surface area contributed by atoms with Gasteiger partial charge in [-0.2, -0.15) is 0 Å². The van der Waals surface area contributed by atoms with E-state index in [4.69, 9.17) is 59.2 Å². The summed E-state index contributed by atoms with van der Waals surface area (Å²) >= 11 is 0. The zero-order valence-electron chi connectivity index (χ0n) is 10.5. The van der Waals surface area contributed by atoms with E-state index in [2.05, 4.69) is 0 Å². The minimum absolute atomic E-state index is 0. The van der Waals surface area contributed by atoms with Crippen molar-refractivity contribution in [2.45, 2.75) is 0 Å². The number of hydrogen-bond acceptors (Lipinski definition) is 5. The fraction of sp³-hybridized carbons (Fsp3) is 0. The van der Waals surface area contributed by atoms with E-state index in [1.165, 1.54) is 0 Å². The summed E-state index contributed by atoms with van der Waals surface area (Å²) in [6, 6.07) is 0. The van der Waals surface area contributed by atoms with E-state index in [0.29, 0.717) is 0 Å². The Bertz CT molecular complexity index is 95.6. The molecule has 0 bridgehead atoms. The first-order valence-corrected chi connectivity index (χ1v) is 1.12. The van der Waals surface area contributed by atoms with E-state index < -0.39 is 0 Å². The first kappa shape index (κ1) is 299. The van der Waals surface area contributed by atoms with Crippen LogP contribution in [0.25, 0.3) is 0 Å². The van der Waals surface area contributed by atoms with Gasteiger partial charge >= 0.3 is 324 Å². The quantitative estimate of drug-likeness (QED) is 0.258. The fourth-order valence-corrected chi connectivity index (χ4v) is 0. The summed E-state index contributed by atoms with van der Waals surface area (Å²) in [4.78, 5) is 0. The van der Waals surface area contributed by atoms with Gasteiger partial charge in [-0.15, -0.1) is 0 Å². The van der Waals surface area contributed by atoms with Gasteiger partial charge in [0.05, 0.1) is 0 Å². The summed E-state index contributed by atoms with van der Waals surface area (Å²) in [5, 5.41) is 31.2. The molecule has 0 saturated heterocycles. The van der Waals surface area contributed by atoms with E-state index in [9.17, 15) is 0 Å². The smallest absolute Gasteiger partial charge is 0.512 e. The molecule has 5 nitrogen and oxygen atoms in total. The van der Waals surface area contributed by atoms with Crippen LogP contribution >= 0.6 is 0 Å². The van der Waals surface area contributed by atoms with Crippen molar-refractivity contribution in [1.29, 1.82) is 26.3 Å². The third kappa shape index (κ3) is 732. The molecule has 0 unspecified atom stereocenters. The molecule has 0 aromatic heterocycles. The monoisotopic (exact) mass is 1330 g/mol. The molecular formula is C5Cu19N5+33. The van der Waals surface area contributed by atoms with Crippen molar-refractivity contribution in [1.82, 2.24) is 0 Å². The van der Waals surface area contributed by atoms with Gasteiger partial charge in [0.1, 0.15) is 0 Å². The molecule has 0 aliphatic heterocycles. The van der Waals surface area contributed by atoms with Crippen LogP contribution in [0.5, 0.6) is 0 Å². The first-order valence-electron chi connectivity index (χ1n) is 1.12. The average Bonchev–Trinajstić information content (AvgIpc) is 2.20. The van der Waals surface area contributed by atoms with E-state index in [1.807, 2.05) is 0 Å². The molecule has 0 spiro atoms. The Hall–Kier alpha value is 7.32. The van der Waals surface area contributed by atoms with E-state index >= 15 is 0 Å². The van der Waals surface area contributed by atoms with Gasteiger partial charge < -0.3 is 59.2 Å². The number of hydrogen-bond donors (Lipinski definition) is 0. The average molecular weight is 1340 g/mol. The summed E-state index contributed by atoms with van der Waals surface area (Å²) in [5.41, 5.74) is 0. The minimum Gasteiger partial charge on any atom is -0.512 e. The predicted octanol–water partition coefficient (Wildman–Crippen LogP) is 0.434. The van der Waals surface area contributed by atoms with Crippen LogP contribution < -0.4 is 0 Å². The van der Waals surface area contributed by atoms with Crippen molar-refractivity contribution in [3.05, 3.63) is 32.9 Å². The van der Waals surface area contributed by atoms with E-state index in [1.54, 1.807) is 0 Å². The second kappa shape index (κ2) is 776. The molecule has 29 heavy (non-hydrogen) atoms. The van der Waals surface area contributed by atoms with E-state index in [-0.39, 0.29) is 324 Å². The molecule has 0 N–H and O–H groups in total. The molecule has 0 amide bonds. The zero-order chi connectivity index (χ0) is 10.0. The van der Waals surface area contributed by atoms with Gasteiger partial charge in [0.15, 0.2) is 0 Å². The molecule has 0 saturated carbocycles. The Labute approximate surface area is 376 Å². The molecule has 24 heteroatoms. The summed E-state index contributed by atoms with van der Waals surface area (Å²) < 4.78 is 0. The Morgan fingerprint density at radius 2 is 0.138 bits per heavy atom. The SMILES string of the molecule is [C-]#N.[C-]#N.[C-]#N.[C-]#N.[C-]#N.[Cu+2].[Cu+2].[Cu+2].[Cu+2].[Cu+2].[Cu+2].[Cu+2].[Cu+2].[Cu+2].[Cu+2].[Cu+2].[Cu+2].[Cu+2].[Cu+2].[Cu+2].[Cu+2].[Cu+2].[Cu+2].[Cu+2]. The standard InChI is InChI=1S/5CN.19Cu/c5*1-2;;;;;;;;;;;;;;;;;;;/q5*-1;19*+2. The van der Waals surface area contributed by atoms with Crippen molar-refractivity contribution in [2.24, 2.45) is 0 Å². The molecule has 221 valence electrons. The van der Waals surface area contributed by atoms with Crippen LogP contribution in [0.1, 0.15) is 0 Å². The van der Waals surface area contributed by atoms with Crippen molar-refractivity contribution in [2.75, 3.05) is 0 Å². The second-order valence-corrected chi connectivity index (χ2v) is 0. The van der Waals surface area contributed by atoms with Crippen LogP contribution in [-0.2, 0) is 324 Å². The molecule has 0 rings (SSSR count). The molecule has 0 heterocycles. The van der Waals surface area contributed by atoms with Gasteiger partial charge in [-0.3, -0.25) is 0 Å². The minimum atomic E-state index is 0. The van der Waals surface area contributed by atoms with Crippen molar-refractivity contribution >= 4 is 0 Å². The molecule has 19 radical (unpaired) electrons. The number of rotatable bonds is 0. The molecule has 0 aliphatic carbocycles. The third-order valence-electron chi connectivity index (χ3n) is 0. The summed E-state index contributed by atoms with van der Waals surface area (Å²) in [6.07, 6.45) is 0. The Morgan fingerprint density at radius 1 is 0.138 bits per heavy atom. The summed E-state index contributed by atoms with van der Waals surface area (Å²) in [6.45, 7) is 23.8. The Balaban J connectivity index is -0.000000000421. The van der Waals surface area contributed by atoms with Gasteiger partial charge in [0, 0.05) is 0 Å². The Kier molecular flexibility index (Phi) is 7990. The zero-order valence-corrected chi connectivity index (χ0v) is 28.4. The molecule has 0 aromatic carbocycles. The van der Waals surface area contributed by atoms with Gasteiger partial charge in [-0.25, -0.2) is 0 Å². The maximum atomic E-state index is 6.25. The van der Waals surface area contributed by atoms with Gasteiger partial charge in [0.2, 0.25) is 0 Å². The van der Waals surface area contributed by atoms with Gasteiger partial charge in [-0.05, 0) is 0 Å². The van der Waals surface area contributed by atoms with Crippen LogP contribution in [0.2, 0.25) is 0 Å². The van der Waals surface area contributed by atoms with Crippen molar-refractivity contribution in [3.63, 3.8) is 0 Å². The molecular weight excluding hydrogens is 1340 g/mol. The molecule has 0 aliphatic rings. The normalized spacial score (nSPS) is 0.345. The van der Waals surface area contributed by atoms with Crippen LogP contribution in [0.15, 0.2) is 0 Å². The summed E-state index contributed by atoms with van der Waals surface area (Å²) in [7, 11) is 0. The van der Waals surface area contributed by atoms with Crippen molar-refractivity contribution in [3.8, 4) is 0 Å². The van der Waals surface area contributed by atoms with Gasteiger partial charge in [0.25, 0.3) is 0 Å². The van der Waals surface area contributed by atoms with E-state index in [0.717, 1.165) is 0 Å². The van der Waals surface area contributed by atoms with Crippen LogP contribution in [-0.4, -0.2) is 0 Å². The van der Waals surface area contributed by atoms with Crippen LogP contribution in [0.3, 0.4) is 0 Å². The van der Waals surface area contributed by atoms with Crippen LogP contribution in [0.4, 0.5) is 0 Å². The maximum Gasteiger partial charge on any atom is 2.00 e.